The van der Waals surface area contributed by atoms with Gasteiger partial charge in [0.05, 0.1) is 17.8 Å². The second-order valence-electron chi connectivity index (χ2n) is 8.31. The molecule has 152 valence electrons. The van der Waals surface area contributed by atoms with Gasteiger partial charge < -0.3 is 15.0 Å². The zero-order valence-electron chi connectivity index (χ0n) is 16.2. The van der Waals surface area contributed by atoms with E-state index in [0.29, 0.717) is 11.5 Å². The Bertz CT molecular complexity index is 914. The summed E-state index contributed by atoms with van der Waals surface area (Å²) in [5.74, 6) is 0.0793. The van der Waals surface area contributed by atoms with Crippen molar-refractivity contribution in [3.63, 3.8) is 0 Å². The number of nitrogens with one attached hydrogen (secondary N) is 1. The molecule has 1 N–H and O–H groups in total. The molecule has 1 atom stereocenters. The molecule has 4 heterocycles. The number of amides is 1. The Morgan fingerprint density at radius 3 is 2.76 bits per heavy atom. The number of likely N-dealkylation sites (tertiary alicyclic amines) is 1. The number of fused-ring (bicyclic) bond motifs is 1. The maximum Gasteiger partial charge on any atom is 0.257 e. The highest BCUT2D eigenvalue weighted by Crippen LogP contribution is 2.40. The molecule has 0 saturated carbocycles. The number of halogens is 1. The van der Waals surface area contributed by atoms with E-state index in [9.17, 15) is 9.18 Å². The summed E-state index contributed by atoms with van der Waals surface area (Å²) in [6.07, 6.45) is 9.10. The minimum absolute atomic E-state index is 0.0163. The quantitative estimate of drug-likeness (QED) is 0.858. The molecule has 2 aromatic heterocycles. The van der Waals surface area contributed by atoms with Crippen LogP contribution in [-0.4, -0.2) is 52.1 Å². The Morgan fingerprint density at radius 2 is 1.97 bits per heavy atom. The number of carbonyl (C=O) groups is 1. The van der Waals surface area contributed by atoms with Gasteiger partial charge in [0, 0.05) is 44.4 Å². The van der Waals surface area contributed by atoms with Crippen LogP contribution in [0.5, 0.6) is 0 Å². The third kappa shape index (κ3) is 3.57. The summed E-state index contributed by atoms with van der Waals surface area (Å²) < 4.78 is 19.0. The number of hydrogen-bond donors (Lipinski definition) is 1. The monoisotopic (exact) mass is 397 g/mol. The summed E-state index contributed by atoms with van der Waals surface area (Å²) in [4.78, 5) is 27.6. The van der Waals surface area contributed by atoms with Gasteiger partial charge in [0.1, 0.15) is 5.82 Å². The van der Waals surface area contributed by atoms with Gasteiger partial charge in [-0.1, -0.05) is 0 Å². The summed E-state index contributed by atoms with van der Waals surface area (Å²) in [6.45, 7) is 3.13. The third-order valence-corrected chi connectivity index (χ3v) is 6.50. The molecule has 2 aromatic rings. The summed E-state index contributed by atoms with van der Waals surface area (Å²) in [6, 6.07) is 1.45. The molecule has 7 nitrogen and oxygen atoms in total. The molecule has 2 aliphatic heterocycles. The first kappa shape index (κ1) is 18.4. The third-order valence-electron chi connectivity index (χ3n) is 6.50. The van der Waals surface area contributed by atoms with Crippen molar-refractivity contribution in [2.45, 2.75) is 38.1 Å². The molecule has 1 unspecified atom stereocenters. The number of ether oxygens (including phenoxy) is 1. The van der Waals surface area contributed by atoms with Crippen LogP contribution in [0.25, 0.3) is 0 Å². The van der Waals surface area contributed by atoms with Gasteiger partial charge >= 0.3 is 0 Å². The van der Waals surface area contributed by atoms with Crippen molar-refractivity contribution >= 4 is 11.9 Å². The fourth-order valence-electron chi connectivity index (χ4n) is 4.75. The molecule has 8 heteroatoms. The van der Waals surface area contributed by atoms with Crippen LogP contribution >= 0.6 is 0 Å². The van der Waals surface area contributed by atoms with Crippen molar-refractivity contribution < 1.29 is 13.9 Å². The summed E-state index contributed by atoms with van der Waals surface area (Å²) in [5.41, 5.74) is 2.48. The van der Waals surface area contributed by atoms with E-state index in [1.54, 1.807) is 12.4 Å². The van der Waals surface area contributed by atoms with E-state index in [1.807, 2.05) is 4.90 Å². The van der Waals surface area contributed by atoms with Crippen molar-refractivity contribution in [1.82, 2.24) is 19.9 Å². The lowest BCUT2D eigenvalue weighted by Crippen LogP contribution is -2.35. The molecule has 1 amide bonds. The second kappa shape index (κ2) is 7.33. The summed E-state index contributed by atoms with van der Waals surface area (Å²) >= 11 is 0. The van der Waals surface area contributed by atoms with Crippen molar-refractivity contribution in [3.05, 3.63) is 47.3 Å². The van der Waals surface area contributed by atoms with Gasteiger partial charge in [0.2, 0.25) is 5.95 Å². The molecule has 5 rings (SSSR count). The molecule has 29 heavy (non-hydrogen) atoms. The Hall–Kier alpha value is -2.61. The average Bonchev–Trinajstić information content (AvgIpc) is 3.33. The van der Waals surface area contributed by atoms with E-state index in [0.717, 1.165) is 69.7 Å². The van der Waals surface area contributed by atoms with Crippen LogP contribution in [0.3, 0.4) is 0 Å². The lowest BCUT2D eigenvalue weighted by atomic mass is 9.80. The van der Waals surface area contributed by atoms with Gasteiger partial charge in [-0.05, 0) is 49.1 Å². The topological polar surface area (TPSA) is 80.2 Å². The Labute approximate surface area is 168 Å². The Balaban J connectivity index is 1.24. The highest BCUT2D eigenvalue weighted by molar-refractivity contribution is 5.94. The van der Waals surface area contributed by atoms with Crippen LogP contribution < -0.4 is 5.32 Å². The minimum atomic E-state index is -0.341. The number of aryl methyl sites for hydroxylation is 1. The van der Waals surface area contributed by atoms with E-state index in [-0.39, 0.29) is 23.2 Å². The predicted octanol–water partition coefficient (Wildman–Crippen LogP) is 2.75. The number of aromatic nitrogens is 3. The van der Waals surface area contributed by atoms with E-state index in [4.69, 9.17) is 4.74 Å². The molecule has 1 spiro atoms. The summed E-state index contributed by atoms with van der Waals surface area (Å²) in [5, 5.41) is 3.24. The van der Waals surface area contributed by atoms with Crippen LogP contribution in [0.1, 0.15) is 53.3 Å². The average molecular weight is 397 g/mol. The first-order chi connectivity index (χ1) is 14.1. The minimum Gasteiger partial charge on any atom is -0.381 e. The number of anilines is 1. The van der Waals surface area contributed by atoms with E-state index < -0.39 is 0 Å². The van der Waals surface area contributed by atoms with E-state index >= 15 is 0 Å². The first-order valence-corrected chi connectivity index (χ1v) is 10.2. The van der Waals surface area contributed by atoms with Crippen LogP contribution in [-0.2, 0) is 11.2 Å². The second-order valence-corrected chi connectivity index (χ2v) is 8.31. The molecule has 0 aromatic carbocycles. The zero-order valence-corrected chi connectivity index (χ0v) is 16.2. The number of hydrogen-bond acceptors (Lipinski definition) is 6. The highest BCUT2D eigenvalue weighted by atomic mass is 19.1. The van der Waals surface area contributed by atoms with Crippen molar-refractivity contribution in [2.75, 3.05) is 31.6 Å². The molecule has 0 radical (unpaired) electrons. The Morgan fingerprint density at radius 1 is 1.17 bits per heavy atom. The Kier molecular flexibility index (Phi) is 4.66. The van der Waals surface area contributed by atoms with Crippen LogP contribution in [0.2, 0.25) is 0 Å². The molecule has 1 aliphatic carbocycles. The first-order valence-electron chi connectivity index (χ1n) is 10.2. The van der Waals surface area contributed by atoms with E-state index in [1.165, 1.54) is 12.3 Å². The number of pyridine rings is 1. The van der Waals surface area contributed by atoms with Gasteiger partial charge in [0.25, 0.3) is 5.91 Å². The zero-order chi connectivity index (χ0) is 19.8. The fourth-order valence-corrected chi connectivity index (χ4v) is 4.75. The number of rotatable bonds is 3. The molecule has 2 saturated heterocycles. The van der Waals surface area contributed by atoms with Crippen molar-refractivity contribution in [1.29, 1.82) is 0 Å². The fraction of sp³-hybridized carbons (Fsp3) is 0.524. The maximum atomic E-state index is 13.5. The lowest BCUT2D eigenvalue weighted by Gasteiger charge is -2.33. The predicted molar refractivity (Wildman–Crippen MR) is 104 cm³/mol. The number of nitrogens with zero attached hydrogens (tertiary/aromatic N) is 4. The smallest absolute Gasteiger partial charge is 0.257 e. The maximum absolute atomic E-state index is 13.5. The summed E-state index contributed by atoms with van der Waals surface area (Å²) in [7, 11) is 0. The molecule has 0 bridgehead atoms. The van der Waals surface area contributed by atoms with Gasteiger partial charge in [-0.3, -0.25) is 9.78 Å². The van der Waals surface area contributed by atoms with Crippen LogP contribution in [0, 0.1) is 11.2 Å². The molecular weight excluding hydrogens is 373 g/mol. The van der Waals surface area contributed by atoms with Crippen molar-refractivity contribution in [3.8, 4) is 0 Å². The van der Waals surface area contributed by atoms with Gasteiger partial charge in [-0.25, -0.2) is 14.4 Å². The normalized spacial score (nSPS) is 22.7. The van der Waals surface area contributed by atoms with Crippen LogP contribution in [0.4, 0.5) is 10.3 Å². The van der Waals surface area contributed by atoms with Gasteiger partial charge in [-0.2, -0.15) is 0 Å². The lowest BCUT2D eigenvalue weighted by molar-refractivity contribution is 0.0191. The van der Waals surface area contributed by atoms with Crippen LogP contribution in [0.15, 0.2) is 24.7 Å². The molecular formula is C21H24FN5O2. The number of carbonyl (C=O) groups excluding carboxylic acids is 1. The SMILES string of the molecule is O=C(c1cnc(NC2CCc3ncc(F)cc32)nc1)N1CCC2(CCOCC2)C1. The standard InChI is InChI=1S/C21H24FN5O2/c22-15-9-16-17(23-12-15)1-2-18(16)26-20-24-10-14(11-25-20)19(28)27-6-3-21(13-27)4-7-29-8-5-21/h9-12,18H,1-8,13H2,(H,24,25,26). The largest absolute Gasteiger partial charge is 0.381 e. The van der Waals surface area contributed by atoms with Gasteiger partial charge in [0.15, 0.2) is 0 Å². The molecule has 2 fully saturated rings. The van der Waals surface area contributed by atoms with Crippen molar-refractivity contribution in [2.24, 2.45) is 5.41 Å². The van der Waals surface area contributed by atoms with Gasteiger partial charge in [-0.15, -0.1) is 0 Å². The highest BCUT2D eigenvalue weighted by Gasteiger charge is 2.41. The van der Waals surface area contributed by atoms with E-state index in [2.05, 4.69) is 20.3 Å². The molecule has 3 aliphatic rings.